The van der Waals surface area contributed by atoms with Crippen LogP contribution in [0.5, 0.6) is 11.5 Å². The van der Waals surface area contributed by atoms with E-state index in [0.29, 0.717) is 24.7 Å². The average molecular weight is 414 g/mol. The number of unbranched alkanes of at least 4 members (excludes halogenated alkanes) is 7. The number of para-hydroxylation sites is 2. The Hall–Kier alpha value is -3.02. The Morgan fingerprint density at radius 1 is 0.500 bits per heavy atom. The minimum absolute atomic E-state index is 0.377. The zero-order valence-corrected chi connectivity index (χ0v) is 17.3. The molecule has 30 heavy (non-hydrogen) atoms. The number of carbonyl (C=O) groups excluding carboxylic acids is 2. The van der Waals surface area contributed by atoms with E-state index in [1.54, 1.807) is 48.5 Å². The normalized spacial score (nSPS) is 10.3. The van der Waals surface area contributed by atoms with E-state index in [4.69, 9.17) is 18.9 Å². The number of benzene rings is 2. The van der Waals surface area contributed by atoms with Gasteiger partial charge in [0, 0.05) is 0 Å². The molecule has 0 heterocycles. The van der Waals surface area contributed by atoms with E-state index in [-0.39, 0.29) is 0 Å². The minimum atomic E-state index is -0.656. The predicted molar refractivity (Wildman–Crippen MR) is 114 cm³/mol. The summed E-state index contributed by atoms with van der Waals surface area (Å²) >= 11 is 0. The molecule has 0 N–H and O–H groups in total. The Kier molecular flexibility index (Phi) is 11.6. The minimum Gasteiger partial charge on any atom is -0.434 e. The lowest BCUT2D eigenvalue weighted by Gasteiger charge is -2.06. The van der Waals surface area contributed by atoms with Crippen molar-refractivity contribution in [3.8, 4) is 11.5 Å². The molecule has 0 fully saturated rings. The first-order chi connectivity index (χ1) is 14.7. The van der Waals surface area contributed by atoms with Crippen molar-refractivity contribution >= 4 is 12.3 Å². The summed E-state index contributed by atoms with van der Waals surface area (Å²) in [7, 11) is 0. The lowest BCUT2D eigenvalue weighted by Crippen LogP contribution is -2.11. The molecule has 0 unspecified atom stereocenters. The van der Waals surface area contributed by atoms with Gasteiger partial charge >= 0.3 is 12.3 Å². The third-order valence-electron chi connectivity index (χ3n) is 4.37. The van der Waals surface area contributed by atoms with E-state index >= 15 is 0 Å². The van der Waals surface area contributed by atoms with Crippen LogP contribution in [-0.4, -0.2) is 25.5 Å². The molecule has 0 spiro atoms. The molecule has 0 aliphatic rings. The molecule has 0 saturated heterocycles. The quantitative estimate of drug-likeness (QED) is 0.211. The number of hydrogen-bond donors (Lipinski definition) is 0. The molecule has 2 aromatic rings. The van der Waals surface area contributed by atoms with Gasteiger partial charge in [-0.05, 0) is 37.1 Å². The Morgan fingerprint density at radius 3 is 1.20 bits per heavy atom. The average Bonchev–Trinajstić information content (AvgIpc) is 2.76. The largest absolute Gasteiger partial charge is 0.513 e. The topological polar surface area (TPSA) is 71.1 Å². The van der Waals surface area contributed by atoms with Crippen LogP contribution in [0.2, 0.25) is 0 Å². The number of ether oxygens (including phenoxy) is 4. The van der Waals surface area contributed by atoms with Crippen molar-refractivity contribution < 1.29 is 28.5 Å². The van der Waals surface area contributed by atoms with Crippen molar-refractivity contribution in [3.63, 3.8) is 0 Å². The van der Waals surface area contributed by atoms with Gasteiger partial charge in [-0.2, -0.15) is 0 Å². The van der Waals surface area contributed by atoms with Gasteiger partial charge in [0.2, 0.25) is 0 Å². The highest BCUT2D eigenvalue weighted by Gasteiger charge is 2.06. The fourth-order valence-electron chi connectivity index (χ4n) is 2.80. The van der Waals surface area contributed by atoms with Crippen LogP contribution in [0.1, 0.15) is 51.4 Å². The highest BCUT2D eigenvalue weighted by atomic mass is 16.7. The second-order valence-electron chi connectivity index (χ2n) is 6.86. The van der Waals surface area contributed by atoms with Crippen LogP contribution >= 0.6 is 0 Å². The molecule has 0 aliphatic carbocycles. The summed E-state index contributed by atoms with van der Waals surface area (Å²) < 4.78 is 20.2. The summed E-state index contributed by atoms with van der Waals surface area (Å²) in [4.78, 5) is 23.0. The standard InChI is InChI=1S/C24H30O6/c25-23(29-21-15-9-7-10-16-21)27-19-13-5-3-1-2-4-6-14-20-28-24(26)30-22-17-11-8-12-18-22/h7-12,15-18H,1-6,13-14,19-20H2. The molecule has 0 bridgehead atoms. The van der Waals surface area contributed by atoms with Crippen molar-refractivity contribution in [2.75, 3.05) is 13.2 Å². The van der Waals surface area contributed by atoms with E-state index in [1.165, 1.54) is 0 Å². The maximum atomic E-state index is 11.5. The van der Waals surface area contributed by atoms with Gasteiger partial charge < -0.3 is 18.9 Å². The predicted octanol–water partition coefficient (Wildman–Crippen LogP) is 6.54. The highest BCUT2D eigenvalue weighted by Crippen LogP contribution is 2.12. The second kappa shape index (κ2) is 14.9. The monoisotopic (exact) mass is 414 g/mol. The summed E-state index contributed by atoms with van der Waals surface area (Å²) in [6.07, 6.45) is 6.90. The molecular formula is C24H30O6. The van der Waals surface area contributed by atoms with E-state index in [9.17, 15) is 9.59 Å². The zero-order chi connectivity index (χ0) is 21.3. The van der Waals surface area contributed by atoms with Gasteiger partial charge in [0.25, 0.3) is 0 Å². The van der Waals surface area contributed by atoms with E-state index < -0.39 is 12.3 Å². The lowest BCUT2D eigenvalue weighted by atomic mass is 10.1. The van der Waals surface area contributed by atoms with Crippen LogP contribution in [-0.2, 0) is 9.47 Å². The molecule has 6 nitrogen and oxygen atoms in total. The molecule has 0 aromatic heterocycles. The fraction of sp³-hybridized carbons (Fsp3) is 0.417. The summed E-state index contributed by atoms with van der Waals surface area (Å²) in [5, 5.41) is 0. The van der Waals surface area contributed by atoms with E-state index in [2.05, 4.69) is 0 Å². The Labute approximate surface area is 178 Å². The number of carbonyl (C=O) groups is 2. The van der Waals surface area contributed by atoms with Crippen LogP contribution in [0.15, 0.2) is 60.7 Å². The van der Waals surface area contributed by atoms with Gasteiger partial charge in [0.05, 0.1) is 13.2 Å². The molecule has 162 valence electrons. The van der Waals surface area contributed by atoms with Crippen molar-refractivity contribution in [2.24, 2.45) is 0 Å². The van der Waals surface area contributed by atoms with E-state index in [1.807, 2.05) is 12.1 Å². The Morgan fingerprint density at radius 2 is 0.833 bits per heavy atom. The summed E-state index contributed by atoms with van der Waals surface area (Å²) in [6.45, 7) is 0.754. The first-order valence-electron chi connectivity index (χ1n) is 10.5. The van der Waals surface area contributed by atoms with Crippen LogP contribution in [0, 0.1) is 0 Å². The van der Waals surface area contributed by atoms with Crippen LogP contribution in [0.3, 0.4) is 0 Å². The van der Waals surface area contributed by atoms with Crippen LogP contribution in [0.25, 0.3) is 0 Å². The molecule has 0 aliphatic heterocycles. The maximum absolute atomic E-state index is 11.5. The number of hydrogen-bond acceptors (Lipinski definition) is 6. The highest BCUT2D eigenvalue weighted by molar-refractivity contribution is 5.64. The second-order valence-corrected chi connectivity index (χ2v) is 6.86. The molecule has 0 radical (unpaired) electrons. The molecule has 2 aromatic carbocycles. The summed E-state index contributed by atoms with van der Waals surface area (Å²) in [6, 6.07) is 17.8. The fourth-order valence-corrected chi connectivity index (χ4v) is 2.80. The summed E-state index contributed by atoms with van der Waals surface area (Å²) in [5.41, 5.74) is 0. The summed E-state index contributed by atoms with van der Waals surface area (Å²) in [5.74, 6) is 0.974. The van der Waals surface area contributed by atoms with Crippen LogP contribution in [0.4, 0.5) is 9.59 Å². The van der Waals surface area contributed by atoms with Gasteiger partial charge in [-0.15, -0.1) is 0 Å². The third-order valence-corrected chi connectivity index (χ3v) is 4.37. The van der Waals surface area contributed by atoms with Gasteiger partial charge in [-0.25, -0.2) is 9.59 Å². The first-order valence-corrected chi connectivity index (χ1v) is 10.5. The first kappa shape index (κ1) is 23.3. The Bertz CT molecular complexity index is 653. The van der Waals surface area contributed by atoms with Gasteiger partial charge in [-0.3, -0.25) is 0 Å². The van der Waals surface area contributed by atoms with Gasteiger partial charge in [0.1, 0.15) is 11.5 Å². The zero-order valence-electron chi connectivity index (χ0n) is 17.3. The van der Waals surface area contributed by atoms with Gasteiger partial charge in [0.15, 0.2) is 0 Å². The number of rotatable bonds is 13. The van der Waals surface area contributed by atoms with Crippen molar-refractivity contribution in [3.05, 3.63) is 60.7 Å². The smallest absolute Gasteiger partial charge is 0.434 e. The van der Waals surface area contributed by atoms with Crippen molar-refractivity contribution in [2.45, 2.75) is 51.4 Å². The molecule has 2 rings (SSSR count). The maximum Gasteiger partial charge on any atom is 0.513 e. The van der Waals surface area contributed by atoms with Crippen molar-refractivity contribution in [1.82, 2.24) is 0 Å². The van der Waals surface area contributed by atoms with Crippen molar-refractivity contribution in [1.29, 1.82) is 0 Å². The Balaban J connectivity index is 1.33. The molecule has 0 atom stereocenters. The molecular weight excluding hydrogens is 384 g/mol. The SMILES string of the molecule is O=C(OCCCCCCCCCCOC(=O)Oc1ccccc1)Oc1ccccc1. The van der Waals surface area contributed by atoms with E-state index in [0.717, 1.165) is 51.4 Å². The van der Waals surface area contributed by atoms with Gasteiger partial charge in [-0.1, -0.05) is 74.9 Å². The van der Waals surface area contributed by atoms with Crippen LogP contribution < -0.4 is 9.47 Å². The molecule has 6 heteroatoms. The molecule has 0 saturated carbocycles. The third kappa shape index (κ3) is 11.1. The molecule has 0 amide bonds. The lowest BCUT2D eigenvalue weighted by molar-refractivity contribution is 0.0959.